The van der Waals surface area contributed by atoms with E-state index in [2.05, 4.69) is 22.6 Å². The van der Waals surface area contributed by atoms with Gasteiger partial charge in [0.1, 0.15) is 5.82 Å². The van der Waals surface area contributed by atoms with Gasteiger partial charge in [-0.25, -0.2) is 4.98 Å². The topological polar surface area (TPSA) is 28.7 Å². The van der Waals surface area contributed by atoms with Crippen LogP contribution in [-0.4, -0.2) is 9.97 Å². The van der Waals surface area contributed by atoms with Crippen molar-refractivity contribution in [1.82, 2.24) is 9.97 Å². The first-order valence-corrected chi connectivity index (χ1v) is 4.67. The van der Waals surface area contributed by atoms with Crippen molar-refractivity contribution in [3.63, 3.8) is 0 Å². The first-order chi connectivity index (χ1) is 6.68. The van der Waals surface area contributed by atoms with E-state index in [1.807, 2.05) is 38.3 Å². The Morgan fingerprint density at radius 1 is 1.36 bits per heavy atom. The number of hydrogen-bond donors (Lipinski definition) is 1. The maximum Gasteiger partial charge on any atom is 0.103 e. The van der Waals surface area contributed by atoms with Gasteiger partial charge in [-0.15, -0.1) is 0 Å². The minimum atomic E-state index is 0.984. The summed E-state index contributed by atoms with van der Waals surface area (Å²) in [5.41, 5.74) is 2.32. The lowest BCUT2D eigenvalue weighted by atomic mass is 10.1. The lowest BCUT2D eigenvalue weighted by molar-refractivity contribution is 1.13. The number of imidazole rings is 1. The van der Waals surface area contributed by atoms with Crippen molar-refractivity contribution in [3.05, 3.63) is 54.2 Å². The van der Waals surface area contributed by atoms with E-state index in [0.29, 0.717) is 0 Å². The monoisotopic (exact) mass is 188 g/mol. The van der Waals surface area contributed by atoms with Gasteiger partial charge in [0.2, 0.25) is 0 Å². The quantitative estimate of drug-likeness (QED) is 0.666. The van der Waals surface area contributed by atoms with Gasteiger partial charge in [-0.2, -0.15) is 0 Å². The molecule has 74 valence electrons. The fraction of sp³-hybridized carbons (Fsp3) is 0.250. The summed E-state index contributed by atoms with van der Waals surface area (Å²) in [6, 6.07) is 0. The number of nitrogens with one attached hydrogen (secondary N) is 1. The number of aryl methyl sites for hydroxylation is 2. The molecule has 2 rings (SSSR count). The van der Waals surface area contributed by atoms with E-state index >= 15 is 0 Å². The summed E-state index contributed by atoms with van der Waals surface area (Å²) in [6.45, 7) is 7.70. The molecule has 0 aliphatic heterocycles. The van der Waals surface area contributed by atoms with Gasteiger partial charge in [-0.1, -0.05) is 36.5 Å². The summed E-state index contributed by atoms with van der Waals surface area (Å²) in [4.78, 5) is 6.99. The summed E-state index contributed by atoms with van der Waals surface area (Å²) in [7, 11) is 0. The van der Waals surface area contributed by atoms with Gasteiger partial charge in [-0.3, -0.25) is 0 Å². The van der Waals surface area contributed by atoms with Gasteiger partial charge in [0, 0.05) is 11.9 Å². The zero-order valence-electron chi connectivity index (χ0n) is 8.75. The minimum absolute atomic E-state index is 0.984. The lowest BCUT2D eigenvalue weighted by Crippen LogP contribution is -1.74. The van der Waals surface area contributed by atoms with Crippen LogP contribution in [0.3, 0.4) is 0 Å². The molecule has 2 heteroatoms. The molecule has 0 aromatic carbocycles. The smallest absolute Gasteiger partial charge is 0.103 e. The third-order valence-corrected chi connectivity index (χ3v) is 1.79. The van der Waals surface area contributed by atoms with Gasteiger partial charge in [-0.05, 0) is 20.3 Å². The average Bonchev–Trinajstić information content (AvgIpc) is 2.52. The van der Waals surface area contributed by atoms with Crippen LogP contribution < -0.4 is 0 Å². The molecule has 0 spiro atoms. The summed E-state index contributed by atoms with van der Waals surface area (Å²) in [6.07, 6.45) is 11.0. The highest BCUT2D eigenvalue weighted by Crippen LogP contribution is 2.05. The second kappa shape index (κ2) is 5.22. The molecule has 0 bridgehead atoms. The number of rotatable bonds is 0. The number of nitrogens with zero attached hydrogens (tertiary/aromatic N) is 1. The summed E-state index contributed by atoms with van der Waals surface area (Å²) < 4.78 is 0. The summed E-state index contributed by atoms with van der Waals surface area (Å²) >= 11 is 0. The van der Waals surface area contributed by atoms with Crippen molar-refractivity contribution in [2.24, 2.45) is 0 Å². The Labute approximate surface area is 85.1 Å². The van der Waals surface area contributed by atoms with Crippen LogP contribution in [-0.2, 0) is 0 Å². The van der Waals surface area contributed by atoms with Crippen LogP contribution in [0.5, 0.6) is 0 Å². The highest BCUT2D eigenvalue weighted by atomic mass is 14.9. The summed E-state index contributed by atoms with van der Waals surface area (Å²) in [5.74, 6) is 0.984. The number of hydrogen-bond acceptors (Lipinski definition) is 1. The Morgan fingerprint density at radius 2 is 2.14 bits per heavy atom. The Bertz CT molecular complexity index is 340. The average molecular weight is 188 g/mol. The first kappa shape index (κ1) is 10.5. The van der Waals surface area contributed by atoms with E-state index in [1.165, 1.54) is 5.57 Å². The van der Waals surface area contributed by atoms with Crippen molar-refractivity contribution in [1.29, 1.82) is 0 Å². The maximum atomic E-state index is 3.96. The van der Waals surface area contributed by atoms with Crippen LogP contribution in [0, 0.1) is 13.8 Å². The van der Waals surface area contributed by atoms with Crippen LogP contribution in [0.15, 0.2) is 42.7 Å². The predicted molar refractivity (Wildman–Crippen MR) is 60.1 cm³/mol. The van der Waals surface area contributed by atoms with E-state index in [0.717, 1.165) is 17.9 Å². The van der Waals surface area contributed by atoms with Crippen molar-refractivity contribution in [3.8, 4) is 0 Å². The van der Waals surface area contributed by atoms with Crippen LogP contribution >= 0.6 is 0 Å². The number of H-pyrrole nitrogens is 1. The minimum Gasteiger partial charge on any atom is -0.346 e. The first-order valence-electron chi connectivity index (χ1n) is 4.67. The number of allylic oxidation sites excluding steroid dienone is 5. The molecule has 0 amide bonds. The van der Waals surface area contributed by atoms with Gasteiger partial charge in [0.25, 0.3) is 0 Å². The van der Waals surface area contributed by atoms with E-state index < -0.39 is 0 Å². The van der Waals surface area contributed by atoms with Gasteiger partial charge in [0.15, 0.2) is 0 Å². The molecule has 1 heterocycles. The lowest BCUT2D eigenvalue weighted by Gasteiger charge is -1.94. The van der Waals surface area contributed by atoms with Crippen molar-refractivity contribution in [2.75, 3.05) is 0 Å². The number of aromatic nitrogens is 2. The molecule has 0 saturated carbocycles. The van der Waals surface area contributed by atoms with E-state index in [1.54, 1.807) is 0 Å². The Kier molecular flexibility index (Phi) is 3.92. The van der Waals surface area contributed by atoms with Gasteiger partial charge >= 0.3 is 0 Å². The Hall–Kier alpha value is -1.57. The SMILES string of the molecule is C=C1C=CC=CC1.Cc1cnc(C)[nH]1. The zero-order valence-corrected chi connectivity index (χ0v) is 8.75. The fourth-order valence-electron chi connectivity index (χ4n) is 1.10. The van der Waals surface area contributed by atoms with E-state index in [-0.39, 0.29) is 0 Å². The standard InChI is InChI=1S/C7H8.C5H8N2/c1-7-5-3-2-4-6-7;1-4-3-6-5(2)7-4/h2-5H,1,6H2;3H,1-2H3,(H,6,7). The van der Waals surface area contributed by atoms with Crippen LogP contribution in [0.4, 0.5) is 0 Å². The third kappa shape index (κ3) is 3.90. The maximum absolute atomic E-state index is 3.96. The molecule has 1 aromatic rings. The van der Waals surface area contributed by atoms with Crippen LogP contribution in [0.1, 0.15) is 17.9 Å². The molecule has 2 nitrogen and oxygen atoms in total. The highest BCUT2D eigenvalue weighted by molar-refractivity contribution is 5.26. The highest BCUT2D eigenvalue weighted by Gasteiger charge is 1.85. The molecule has 0 radical (unpaired) electrons. The molecule has 0 atom stereocenters. The molecule has 0 fully saturated rings. The van der Waals surface area contributed by atoms with Gasteiger partial charge < -0.3 is 4.98 Å². The largest absolute Gasteiger partial charge is 0.346 e. The Balaban J connectivity index is 0.000000140. The van der Waals surface area contributed by atoms with Crippen LogP contribution in [0.2, 0.25) is 0 Å². The van der Waals surface area contributed by atoms with Crippen molar-refractivity contribution >= 4 is 0 Å². The molecule has 1 aliphatic rings. The predicted octanol–water partition coefficient (Wildman–Crippen LogP) is 3.09. The van der Waals surface area contributed by atoms with Crippen LogP contribution in [0.25, 0.3) is 0 Å². The van der Waals surface area contributed by atoms with E-state index in [9.17, 15) is 0 Å². The molecule has 1 aromatic heterocycles. The molecule has 0 unspecified atom stereocenters. The normalized spacial score (nSPS) is 13.7. The second-order valence-corrected chi connectivity index (χ2v) is 3.30. The molecule has 14 heavy (non-hydrogen) atoms. The fourth-order valence-corrected chi connectivity index (χ4v) is 1.10. The van der Waals surface area contributed by atoms with Crippen molar-refractivity contribution in [2.45, 2.75) is 20.3 Å². The Morgan fingerprint density at radius 3 is 2.36 bits per heavy atom. The second-order valence-electron chi connectivity index (χ2n) is 3.30. The van der Waals surface area contributed by atoms with Crippen molar-refractivity contribution < 1.29 is 0 Å². The summed E-state index contributed by atoms with van der Waals surface area (Å²) in [5, 5.41) is 0. The molecule has 1 N–H and O–H groups in total. The third-order valence-electron chi connectivity index (χ3n) is 1.79. The zero-order chi connectivity index (χ0) is 10.4. The molecular formula is C12H16N2. The van der Waals surface area contributed by atoms with Gasteiger partial charge in [0.05, 0.1) is 0 Å². The molecular weight excluding hydrogens is 172 g/mol. The number of aromatic amines is 1. The van der Waals surface area contributed by atoms with E-state index in [4.69, 9.17) is 0 Å². The molecule has 1 aliphatic carbocycles. The molecule has 0 saturated heterocycles.